The van der Waals surface area contributed by atoms with E-state index in [1.54, 1.807) is 0 Å². The lowest BCUT2D eigenvalue weighted by molar-refractivity contribution is 1.03. The molecule has 0 amide bonds. The fraction of sp³-hybridized carbons (Fsp3) is 0. The predicted octanol–water partition coefficient (Wildman–Crippen LogP) is 3.03. The van der Waals surface area contributed by atoms with E-state index >= 15 is 0 Å². The average molecular weight is 334 g/mol. The molecule has 3 nitrogen and oxygen atoms in total. The summed E-state index contributed by atoms with van der Waals surface area (Å²) in [6.45, 7) is 0. The molecule has 5 heteroatoms. The number of benzene rings is 2. The monoisotopic (exact) mass is 333 g/mol. The second-order valence-electron chi connectivity index (χ2n) is 3.81. The highest BCUT2D eigenvalue weighted by Gasteiger charge is 2.06. The van der Waals surface area contributed by atoms with Gasteiger partial charge in [-0.3, -0.25) is 5.43 Å². The Bertz CT molecular complexity index is 594. The zero-order valence-corrected chi connectivity index (χ0v) is 12.4. The highest BCUT2D eigenvalue weighted by atomic mass is 79.9. The van der Waals surface area contributed by atoms with Crippen LogP contribution in [0.25, 0.3) is 0 Å². The molecular formula is C14H12BrN3S. The Hall–Kier alpha value is -1.72. The Kier molecular flexibility index (Phi) is 4.65. The largest absolute Gasteiger partial charge is 0.375 e. The first kappa shape index (κ1) is 13.7. The lowest BCUT2D eigenvalue weighted by atomic mass is 10.0. The second-order valence-corrected chi connectivity index (χ2v) is 5.16. The standard InChI is InChI=1S/C14H12BrN3S/c15-12-8-6-11(7-9-12)13(17-18-14(16)19)10-4-2-1-3-5-10/h1-9H,(H3,16,18,19)/b17-13+. The summed E-state index contributed by atoms with van der Waals surface area (Å²) in [4.78, 5) is 0. The van der Waals surface area contributed by atoms with E-state index in [-0.39, 0.29) is 5.11 Å². The van der Waals surface area contributed by atoms with Crippen molar-refractivity contribution in [3.05, 3.63) is 70.2 Å². The Morgan fingerprint density at radius 2 is 1.58 bits per heavy atom. The number of hydrazone groups is 1. The number of hydrogen-bond acceptors (Lipinski definition) is 2. The summed E-state index contributed by atoms with van der Waals surface area (Å²) in [5, 5.41) is 4.42. The van der Waals surface area contributed by atoms with E-state index in [1.807, 2.05) is 54.6 Å². The molecule has 0 saturated heterocycles. The number of halogens is 1. The van der Waals surface area contributed by atoms with Crippen LogP contribution >= 0.6 is 28.1 Å². The van der Waals surface area contributed by atoms with Gasteiger partial charge in [0.15, 0.2) is 5.11 Å². The van der Waals surface area contributed by atoms with Gasteiger partial charge in [0.05, 0.1) is 5.71 Å². The van der Waals surface area contributed by atoms with E-state index in [1.165, 1.54) is 0 Å². The van der Waals surface area contributed by atoms with Crippen molar-refractivity contribution in [1.82, 2.24) is 5.43 Å². The summed E-state index contributed by atoms with van der Waals surface area (Å²) in [6, 6.07) is 17.8. The molecule has 2 aromatic rings. The van der Waals surface area contributed by atoms with Crippen LogP contribution in [-0.2, 0) is 0 Å². The lowest BCUT2D eigenvalue weighted by Gasteiger charge is -2.08. The van der Waals surface area contributed by atoms with Gasteiger partial charge in [-0.1, -0.05) is 58.4 Å². The van der Waals surface area contributed by atoms with Crippen LogP contribution in [0.1, 0.15) is 11.1 Å². The normalized spacial score (nSPS) is 11.1. The van der Waals surface area contributed by atoms with Gasteiger partial charge in [-0.2, -0.15) is 5.10 Å². The van der Waals surface area contributed by atoms with Crippen LogP contribution in [-0.4, -0.2) is 10.8 Å². The number of rotatable bonds is 3. The van der Waals surface area contributed by atoms with Crippen LogP contribution < -0.4 is 11.2 Å². The maximum atomic E-state index is 5.43. The van der Waals surface area contributed by atoms with Crippen LogP contribution in [0.4, 0.5) is 0 Å². The number of nitrogens with one attached hydrogen (secondary N) is 1. The minimum Gasteiger partial charge on any atom is -0.375 e. The van der Waals surface area contributed by atoms with Crippen LogP contribution in [0.5, 0.6) is 0 Å². The Morgan fingerprint density at radius 3 is 2.16 bits per heavy atom. The number of nitrogens with two attached hydrogens (primary N) is 1. The maximum absolute atomic E-state index is 5.43. The molecule has 0 aliphatic heterocycles. The SMILES string of the molecule is NC(=S)N/N=C(\c1ccccc1)c1ccc(Br)cc1. The molecule has 0 atom stereocenters. The van der Waals surface area contributed by atoms with Crippen molar-refractivity contribution in [3.8, 4) is 0 Å². The van der Waals surface area contributed by atoms with Gasteiger partial charge in [0.2, 0.25) is 0 Å². The second kappa shape index (κ2) is 6.45. The minimum absolute atomic E-state index is 0.144. The molecule has 0 spiro atoms. The molecule has 0 heterocycles. The summed E-state index contributed by atoms with van der Waals surface area (Å²) < 4.78 is 1.02. The van der Waals surface area contributed by atoms with Crippen molar-refractivity contribution < 1.29 is 0 Å². The van der Waals surface area contributed by atoms with Gasteiger partial charge in [0.1, 0.15) is 0 Å². The van der Waals surface area contributed by atoms with Crippen LogP contribution in [0.15, 0.2) is 64.2 Å². The average Bonchev–Trinajstić information content (AvgIpc) is 2.42. The molecule has 2 aromatic carbocycles. The summed E-state index contributed by atoms with van der Waals surface area (Å²) in [5.74, 6) is 0. The van der Waals surface area contributed by atoms with Gasteiger partial charge in [-0.25, -0.2) is 0 Å². The van der Waals surface area contributed by atoms with Gasteiger partial charge in [0.25, 0.3) is 0 Å². The van der Waals surface area contributed by atoms with Gasteiger partial charge in [0, 0.05) is 15.6 Å². The molecule has 0 aromatic heterocycles. The summed E-state index contributed by atoms with van der Waals surface area (Å²) >= 11 is 8.20. The Labute approximate surface area is 125 Å². The molecule has 3 N–H and O–H groups in total. The van der Waals surface area contributed by atoms with E-state index < -0.39 is 0 Å². The van der Waals surface area contributed by atoms with Crippen molar-refractivity contribution in [2.24, 2.45) is 10.8 Å². The summed E-state index contributed by atoms with van der Waals surface area (Å²) in [6.07, 6.45) is 0. The molecule has 0 bridgehead atoms. The quantitative estimate of drug-likeness (QED) is 0.515. The summed E-state index contributed by atoms with van der Waals surface area (Å²) in [7, 11) is 0. The molecule has 0 radical (unpaired) electrons. The summed E-state index contributed by atoms with van der Waals surface area (Å²) in [5.41, 5.74) is 10.8. The Morgan fingerprint density at radius 1 is 1.00 bits per heavy atom. The molecule has 0 aliphatic carbocycles. The fourth-order valence-corrected chi connectivity index (χ4v) is 1.92. The predicted molar refractivity (Wildman–Crippen MR) is 86.1 cm³/mol. The molecule has 96 valence electrons. The third-order valence-electron chi connectivity index (χ3n) is 2.44. The molecule has 2 rings (SSSR count). The lowest BCUT2D eigenvalue weighted by Crippen LogP contribution is -2.26. The van der Waals surface area contributed by atoms with Gasteiger partial charge in [-0.15, -0.1) is 0 Å². The molecular weight excluding hydrogens is 322 g/mol. The first-order valence-electron chi connectivity index (χ1n) is 5.61. The van der Waals surface area contributed by atoms with Crippen molar-refractivity contribution in [2.45, 2.75) is 0 Å². The molecule has 19 heavy (non-hydrogen) atoms. The Balaban J connectivity index is 2.43. The topological polar surface area (TPSA) is 50.4 Å². The molecule has 0 unspecified atom stereocenters. The van der Waals surface area contributed by atoms with E-state index in [0.29, 0.717) is 0 Å². The van der Waals surface area contributed by atoms with Crippen molar-refractivity contribution in [1.29, 1.82) is 0 Å². The molecule has 0 aliphatic rings. The van der Waals surface area contributed by atoms with E-state index in [2.05, 4.69) is 26.5 Å². The third kappa shape index (κ3) is 3.87. The van der Waals surface area contributed by atoms with Crippen molar-refractivity contribution >= 4 is 39.0 Å². The van der Waals surface area contributed by atoms with E-state index in [0.717, 1.165) is 21.3 Å². The zero-order valence-electron chi connectivity index (χ0n) is 10.0. The maximum Gasteiger partial charge on any atom is 0.184 e. The number of nitrogens with zero attached hydrogens (tertiary/aromatic N) is 1. The molecule has 0 fully saturated rings. The van der Waals surface area contributed by atoms with Crippen LogP contribution in [0, 0.1) is 0 Å². The van der Waals surface area contributed by atoms with Gasteiger partial charge < -0.3 is 5.73 Å². The first-order valence-corrected chi connectivity index (χ1v) is 6.81. The third-order valence-corrected chi connectivity index (χ3v) is 3.06. The smallest absolute Gasteiger partial charge is 0.184 e. The fourth-order valence-electron chi connectivity index (χ4n) is 1.61. The molecule has 0 saturated carbocycles. The van der Waals surface area contributed by atoms with Crippen LogP contribution in [0.3, 0.4) is 0 Å². The number of hydrogen-bond donors (Lipinski definition) is 2. The van der Waals surface area contributed by atoms with Crippen LogP contribution in [0.2, 0.25) is 0 Å². The first-order chi connectivity index (χ1) is 9.16. The minimum atomic E-state index is 0.144. The van der Waals surface area contributed by atoms with Gasteiger partial charge >= 0.3 is 0 Å². The van der Waals surface area contributed by atoms with Crippen molar-refractivity contribution in [2.75, 3.05) is 0 Å². The van der Waals surface area contributed by atoms with E-state index in [4.69, 9.17) is 18.0 Å². The van der Waals surface area contributed by atoms with Crippen molar-refractivity contribution in [3.63, 3.8) is 0 Å². The van der Waals surface area contributed by atoms with Gasteiger partial charge in [-0.05, 0) is 24.4 Å². The van der Waals surface area contributed by atoms with E-state index in [9.17, 15) is 0 Å². The highest BCUT2D eigenvalue weighted by Crippen LogP contribution is 2.15. The highest BCUT2D eigenvalue weighted by molar-refractivity contribution is 9.10. The number of thiocarbonyl (C=S) groups is 1. The zero-order chi connectivity index (χ0) is 13.7.